The van der Waals surface area contributed by atoms with E-state index in [9.17, 15) is 9.18 Å². The molecule has 2 aromatic carbocycles. The number of halogens is 1. The number of carbonyl (C=O) groups excluding carboxylic acids is 1. The monoisotopic (exact) mass is 268 g/mol. The molecule has 1 N–H and O–H groups in total. The fraction of sp³-hybridized carbons (Fsp3) is 0.125. The lowest BCUT2D eigenvalue weighted by molar-refractivity contribution is -0.121. The van der Waals surface area contributed by atoms with E-state index in [-0.39, 0.29) is 17.6 Å². The average molecular weight is 268 g/mol. The first-order valence-electron chi connectivity index (χ1n) is 6.41. The van der Waals surface area contributed by atoms with Crippen molar-refractivity contribution < 1.29 is 9.18 Å². The normalized spacial score (nSPS) is 18.4. The maximum atomic E-state index is 13.0. The molecule has 0 aliphatic carbocycles. The number of rotatable bonds is 2. The van der Waals surface area contributed by atoms with Crippen LogP contribution in [0.5, 0.6) is 0 Å². The molecule has 0 saturated heterocycles. The highest BCUT2D eigenvalue weighted by Gasteiger charge is 2.26. The first-order chi connectivity index (χ1) is 9.74. The SMILES string of the molecule is O=C1CC(c2ccccc2)C(c2ccc(F)cc2)=NN1. The van der Waals surface area contributed by atoms with Gasteiger partial charge in [0, 0.05) is 12.3 Å². The second-order valence-electron chi connectivity index (χ2n) is 4.71. The van der Waals surface area contributed by atoms with Crippen LogP contribution in [0.25, 0.3) is 0 Å². The number of benzene rings is 2. The topological polar surface area (TPSA) is 41.5 Å². The van der Waals surface area contributed by atoms with Crippen LogP contribution in [0.3, 0.4) is 0 Å². The van der Waals surface area contributed by atoms with E-state index in [1.807, 2.05) is 30.3 Å². The molecule has 0 bridgehead atoms. The zero-order valence-corrected chi connectivity index (χ0v) is 10.7. The van der Waals surface area contributed by atoms with Crippen LogP contribution in [0.2, 0.25) is 0 Å². The standard InChI is InChI=1S/C16H13FN2O/c17-13-8-6-12(7-9-13)16-14(10-15(20)18-19-16)11-4-2-1-3-5-11/h1-9,14H,10H2,(H,18,20). The van der Waals surface area contributed by atoms with Crippen LogP contribution in [0.15, 0.2) is 59.7 Å². The smallest absolute Gasteiger partial charge is 0.241 e. The van der Waals surface area contributed by atoms with Gasteiger partial charge in [0.2, 0.25) is 5.91 Å². The lowest BCUT2D eigenvalue weighted by Crippen LogP contribution is -2.32. The Bertz CT molecular complexity index is 650. The maximum Gasteiger partial charge on any atom is 0.241 e. The molecule has 0 radical (unpaired) electrons. The Hall–Kier alpha value is -2.49. The number of carbonyl (C=O) groups is 1. The van der Waals surface area contributed by atoms with Crippen LogP contribution in [0, 0.1) is 5.82 Å². The van der Waals surface area contributed by atoms with Crippen LogP contribution in [0.1, 0.15) is 23.5 Å². The lowest BCUT2D eigenvalue weighted by atomic mass is 9.86. The molecule has 20 heavy (non-hydrogen) atoms. The highest BCUT2D eigenvalue weighted by molar-refractivity contribution is 6.08. The van der Waals surface area contributed by atoms with Gasteiger partial charge in [0.25, 0.3) is 0 Å². The predicted molar refractivity (Wildman–Crippen MR) is 74.9 cm³/mol. The molecule has 0 aromatic heterocycles. The number of amides is 1. The Morgan fingerprint density at radius 3 is 2.45 bits per heavy atom. The zero-order valence-electron chi connectivity index (χ0n) is 10.7. The van der Waals surface area contributed by atoms with Gasteiger partial charge in [-0.15, -0.1) is 0 Å². The quantitative estimate of drug-likeness (QED) is 0.894. The van der Waals surface area contributed by atoms with E-state index in [4.69, 9.17) is 0 Å². The molecule has 0 spiro atoms. The minimum Gasteiger partial charge on any atom is -0.273 e. The molecule has 4 heteroatoms. The minimum atomic E-state index is -0.287. The summed E-state index contributed by atoms with van der Waals surface area (Å²) in [4.78, 5) is 11.6. The second kappa shape index (κ2) is 5.25. The van der Waals surface area contributed by atoms with Crippen molar-refractivity contribution in [1.82, 2.24) is 5.43 Å². The van der Waals surface area contributed by atoms with Crippen LogP contribution >= 0.6 is 0 Å². The van der Waals surface area contributed by atoms with Gasteiger partial charge in [0.05, 0.1) is 5.71 Å². The van der Waals surface area contributed by atoms with Crippen LogP contribution in [0.4, 0.5) is 4.39 Å². The van der Waals surface area contributed by atoms with E-state index in [1.165, 1.54) is 12.1 Å². The van der Waals surface area contributed by atoms with Crippen molar-refractivity contribution >= 4 is 11.6 Å². The Balaban J connectivity index is 2.02. The number of nitrogens with zero attached hydrogens (tertiary/aromatic N) is 1. The van der Waals surface area contributed by atoms with Gasteiger partial charge in [-0.3, -0.25) is 4.79 Å². The largest absolute Gasteiger partial charge is 0.273 e. The molecule has 2 aromatic rings. The first-order valence-corrected chi connectivity index (χ1v) is 6.41. The van der Waals surface area contributed by atoms with E-state index < -0.39 is 0 Å². The summed E-state index contributed by atoms with van der Waals surface area (Å²) in [5.74, 6) is -0.495. The average Bonchev–Trinajstić information content (AvgIpc) is 2.49. The van der Waals surface area contributed by atoms with Crippen molar-refractivity contribution in [3.8, 4) is 0 Å². The highest BCUT2D eigenvalue weighted by Crippen LogP contribution is 2.27. The summed E-state index contributed by atoms with van der Waals surface area (Å²) in [6.45, 7) is 0. The van der Waals surface area contributed by atoms with Crippen LogP contribution in [-0.4, -0.2) is 11.6 Å². The van der Waals surface area contributed by atoms with Crippen molar-refractivity contribution in [3.05, 3.63) is 71.5 Å². The molecule has 1 aliphatic heterocycles. The summed E-state index contributed by atoms with van der Waals surface area (Å²) in [6, 6.07) is 15.9. The summed E-state index contributed by atoms with van der Waals surface area (Å²) in [6.07, 6.45) is 0.347. The molecule has 1 amide bonds. The third kappa shape index (κ3) is 2.45. The first kappa shape index (κ1) is 12.5. The molecule has 100 valence electrons. The van der Waals surface area contributed by atoms with Crippen molar-refractivity contribution in [2.24, 2.45) is 5.10 Å². The van der Waals surface area contributed by atoms with Gasteiger partial charge in [-0.2, -0.15) is 5.10 Å². The van der Waals surface area contributed by atoms with Gasteiger partial charge in [-0.1, -0.05) is 42.5 Å². The Morgan fingerprint density at radius 2 is 1.75 bits per heavy atom. The van der Waals surface area contributed by atoms with E-state index in [1.54, 1.807) is 12.1 Å². The minimum absolute atomic E-state index is 0.101. The van der Waals surface area contributed by atoms with Gasteiger partial charge in [-0.25, -0.2) is 9.82 Å². The van der Waals surface area contributed by atoms with Gasteiger partial charge in [-0.05, 0) is 23.3 Å². The van der Waals surface area contributed by atoms with E-state index in [0.717, 1.165) is 16.8 Å². The second-order valence-corrected chi connectivity index (χ2v) is 4.71. The van der Waals surface area contributed by atoms with Gasteiger partial charge >= 0.3 is 0 Å². The maximum absolute atomic E-state index is 13.0. The molecule has 0 fully saturated rings. The summed E-state index contributed by atoms with van der Waals surface area (Å²) in [5.41, 5.74) is 5.11. The fourth-order valence-corrected chi connectivity index (χ4v) is 2.38. The third-order valence-electron chi connectivity index (χ3n) is 3.36. The summed E-state index contributed by atoms with van der Waals surface area (Å²) >= 11 is 0. The molecule has 1 atom stereocenters. The number of hydrogen-bond acceptors (Lipinski definition) is 2. The zero-order chi connectivity index (χ0) is 13.9. The highest BCUT2D eigenvalue weighted by atomic mass is 19.1. The number of nitrogens with one attached hydrogen (secondary N) is 1. The number of hydrazone groups is 1. The molecular weight excluding hydrogens is 255 g/mol. The van der Waals surface area contributed by atoms with Crippen molar-refractivity contribution in [1.29, 1.82) is 0 Å². The molecule has 3 nitrogen and oxygen atoms in total. The summed E-state index contributed by atoms with van der Waals surface area (Å²) in [5, 5.41) is 4.16. The van der Waals surface area contributed by atoms with E-state index >= 15 is 0 Å². The summed E-state index contributed by atoms with van der Waals surface area (Å²) < 4.78 is 13.0. The Morgan fingerprint density at radius 1 is 1.05 bits per heavy atom. The van der Waals surface area contributed by atoms with E-state index in [0.29, 0.717) is 6.42 Å². The molecule has 1 unspecified atom stereocenters. The van der Waals surface area contributed by atoms with Crippen molar-refractivity contribution in [2.75, 3.05) is 0 Å². The third-order valence-corrected chi connectivity index (χ3v) is 3.36. The predicted octanol–water partition coefficient (Wildman–Crippen LogP) is 2.83. The molecule has 3 rings (SSSR count). The summed E-state index contributed by atoms with van der Waals surface area (Å²) in [7, 11) is 0. The van der Waals surface area contributed by atoms with Gasteiger partial charge in [0.1, 0.15) is 5.82 Å². The van der Waals surface area contributed by atoms with Crippen molar-refractivity contribution in [2.45, 2.75) is 12.3 Å². The molecule has 1 aliphatic rings. The molecular formula is C16H13FN2O. The molecule has 1 heterocycles. The van der Waals surface area contributed by atoms with Crippen LogP contribution in [-0.2, 0) is 4.79 Å². The van der Waals surface area contributed by atoms with Gasteiger partial charge in [0.15, 0.2) is 0 Å². The van der Waals surface area contributed by atoms with Crippen molar-refractivity contribution in [3.63, 3.8) is 0 Å². The van der Waals surface area contributed by atoms with Gasteiger partial charge < -0.3 is 0 Å². The Kier molecular flexibility index (Phi) is 3.29. The molecule has 0 saturated carbocycles. The lowest BCUT2D eigenvalue weighted by Gasteiger charge is -2.23. The fourth-order valence-electron chi connectivity index (χ4n) is 2.38. The Labute approximate surface area is 116 Å². The van der Waals surface area contributed by atoms with Crippen LogP contribution < -0.4 is 5.43 Å². The number of hydrogen-bond donors (Lipinski definition) is 1. The van der Waals surface area contributed by atoms with E-state index in [2.05, 4.69) is 10.5 Å².